The van der Waals surface area contributed by atoms with Crippen molar-refractivity contribution in [2.75, 3.05) is 29.9 Å². The largest absolute Gasteiger partial charge is 0.355 e. The van der Waals surface area contributed by atoms with Crippen molar-refractivity contribution in [3.63, 3.8) is 0 Å². The molecule has 0 bridgehead atoms. The van der Waals surface area contributed by atoms with Gasteiger partial charge in [0.15, 0.2) is 0 Å². The van der Waals surface area contributed by atoms with Crippen LogP contribution in [0.1, 0.15) is 12.8 Å². The molecule has 1 fully saturated rings. The maximum Gasteiger partial charge on any atom is 0.271 e. The van der Waals surface area contributed by atoms with Crippen LogP contribution in [-0.4, -0.2) is 39.6 Å². The molecule has 2 aromatic rings. The third-order valence-electron chi connectivity index (χ3n) is 3.76. The first-order valence-electron chi connectivity index (χ1n) is 7.23. The van der Waals surface area contributed by atoms with Gasteiger partial charge in [-0.15, -0.1) is 0 Å². The van der Waals surface area contributed by atoms with Crippen LogP contribution in [0.15, 0.2) is 29.5 Å². The normalized spacial score (nSPS) is 15.8. The topological polar surface area (TPSA) is 86.8 Å². The van der Waals surface area contributed by atoms with Gasteiger partial charge in [-0.25, -0.2) is 15.0 Å². The highest BCUT2D eigenvalue weighted by molar-refractivity contribution is 6.30. The van der Waals surface area contributed by atoms with Crippen molar-refractivity contribution >= 4 is 23.5 Å². The molecule has 1 aliphatic heterocycles. The molecule has 116 valence electrons. The Hall–Kier alpha value is -2.15. The van der Waals surface area contributed by atoms with E-state index in [4.69, 9.17) is 11.6 Å². The van der Waals surface area contributed by atoms with Gasteiger partial charge in [0.25, 0.3) is 5.56 Å². The third kappa shape index (κ3) is 3.54. The van der Waals surface area contributed by atoms with Crippen LogP contribution in [0.25, 0.3) is 0 Å². The number of aromatic nitrogens is 4. The average molecular weight is 321 g/mol. The fourth-order valence-electron chi connectivity index (χ4n) is 2.50. The summed E-state index contributed by atoms with van der Waals surface area (Å²) in [5.74, 6) is 1.78. The molecular formula is C14H17ClN6O. The molecule has 3 heterocycles. The van der Waals surface area contributed by atoms with Crippen molar-refractivity contribution in [2.45, 2.75) is 12.8 Å². The molecule has 2 aromatic heterocycles. The van der Waals surface area contributed by atoms with Crippen LogP contribution in [0.5, 0.6) is 0 Å². The molecule has 22 heavy (non-hydrogen) atoms. The van der Waals surface area contributed by atoms with Gasteiger partial charge in [0.2, 0.25) is 11.9 Å². The van der Waals surface area contributed by atoms with E-state index in [0.29, 0.717) is 11.9 Å². The molecule has 0 aliphatic carbocycles. The smallest absolute Gasteiger partial charge is 0.271 e. The first-order chi connectivity index (χ1) is 10.7. The predicted octanol–water partition coefficient (Wildman–Crippen LogP) is 1.54. The SMILES string of the molecule is O=c1[nH]c(NCC2CCN(c3ncccn3)CC2)ncc1Cl. The summed E-state index contributed by atoms with van der Waals surface area (Å²) in [6, 6.07) is 1.82. The highest BCUT2D eigenvalue weighted by Crippen LogP contribution is 2.20. The number of hydrogen-bond donors (Lipinski definition) is 2. The monoisotopic (exact) mass is 320 g/mol. The van der Waals surface area contributed by atoms with Gasteiger partial charge >= 0.3 is 0 Å². The second-order valence-corrected chi connectivity index (χ2v) is 5.68. The van der Waals surface area contributed by atoms with Crippen molar-refractivity contribution in [3.05, 3.63) is 40.0 Å². The molecule has 0 saturated carbocycles. The summed E-state index contributed by atoms with van der Waals surface area (Å²) in [5, 5.41) is 3.26. The van der Waals surface area contributed by atoms with Gasteiger partial charge in [-0.05, 0) is 24.8 Å². The summed E-state index contributed by atoms with van der Waals surface area (Å²) in [6.45, 7) is 2.63. The van der Waals surface area contributed by atoms with E-state index < -0.39 is 0 Å². The second-order valence-electron chi connectivity index (χ2n) is 5.27. The first kappa shape index (κ1) is 14.8. The van der Waals surface area contributed by atoms with Gasteiger partial charge in [-0.2, -0.15) is 0 Å². The summed E-state index contributed by atoms with van der Waals surface area (Å²) in [4.78, 5) is 28.8. The standard InChI is InChI=1S/C14H17ClN6O/c15-11-9-19-13(20-12(11)22)18-8-10-2-6-21(7-3-10)14-16-4-1-5-17-14/h1,4-5,9-10H,2-3,6-8H2,(H2,18,19,20,22). The average Bonchev–Trinajstić information content (AvgIpc) is 2.57. The van der Waals surface area contributed by atoms with Gasteiger partial charge in [-0.3, -0.25) is 9.78 Å². The lowest BCUT2D eigenvalue weighted by Crippen LogP contribution is -2.37. The lowest BCUT2D eigenvalue weighted by Gasteiger charge is -2.31. The van der Waals surface area contributed by atoms with Gasteiger partial charge in [-0.1, -0.05) is 11.6 Å². The Morgan fingerprint density at radius 3 is 2.68 bits per heavy atom. The number of nitrogens with one attached hydrogen (secondary N) is 2. The van der Waals surface area contributed by atoms with Gasteiger partial charge in [0.05, 0.1) is 6.20 Å². The van der Waals surface area contributed by atoms with Crippen LogP contribution in [0.2, 0.25) is 5.02 Å². The number of H-pyrrole nitrogens is 1. The minimum absolute atomic E-state index is 0.0988. The van der Waals surface area contributed by atoms with Gasteiger partial charge in [0, 0.05) is 32.0 Å². The third-order valence-corrected chi connectivity index (χ3v) is 4.03. The van der Waals surface area contributed by atoms with Crippen LogP contribution in [-0.2, 0) is 0 Å². The molecule has 0 radical (unpaired) electrons. The Balaban J connectivity index is 1.50. The zero-order valence-electron chi connectivity index (χ0n) is 12.0. The summed E-state index contributed by atoms with van der Waals surface area (Å²) >= 11 is 5.65. The van der Waals surface area contributed by atoms with Crippen LogP contribution < -0.4 is 15.8 Å². The number of aromatic amines is 1. The highest BCUT2D eigenvalue weighted by atomic mass is 35.5. The van der Waals surface area contributed by atoms with E-state index in [9.17, 15) is 4.79 Å². The number of nitrogens with zero attached hydrogens (tertiary/aromatic N) is 4. The van der Waals surface area contributed by atoms with Crippen molar-refractivity contribution in [3.8, 4) is 0 Å². The van der Waals surface area contributed by atoms with Crippen molar-refractivity contribution in [1.29, 1.82) is 0 Å². The summed E-state index contributed by atoms with van der Waals surface area (Å²) < 4.78 is 0. The molecule has 7 nitrogen and oxygen atoms in total. The molecule has 2 N–H and O–H groups in total. The number of anilines is 2. The van der Waals surface area contributed by atoms with Crippen LogP contribution in [0.3, 0.4) is 0 Å². The number of piperidine rings is 1. The fraction of sp³-hybridized carbons (Fsp3) is 0.429. The zero-order chi connectivity index (χ0) is 15.4. The van der Waals surface area contributed by atoms with E-state index in [1.807, 2.05) is 6.07 Å². The molecule has 1 saturated heterocycles. The van der Waals surface area contributed by atoms with Crippen LogP contribution in [0, 0.1) is 5.92 Å². The summed E-state index contributed by atoms with van der Waals surface area (Å²) in [5.41, 5.74) is -0.324. The van der Waals surface area contributed by atoms with E-state index in [1.165, 1.54) is 6.20 Å². The Morgan fingerprint density at radius 1 is 1.27 bits per heavy atom. The van der Waals surface area contributed by atoms with Crippen LogP contribution in [0.4, 0.5) is 11.9 Å². The second kappa shape index (κ2) is 6.74. The van der Waals surface area contributed by atoms with Crippen molar-refractivity contribution in [1.82, 2.24) is 19.9 Å². The van der Waals surface area contributed by atoms with Crippen molar-refractivity contribution < 1.29 is 0 Å². The number of rotatable bonds is 4. The fourth-order valence-corrected chi connectivity index (χ4v) is 2.60. The number of hydrogen-bond acceptors (Lipinski definition) is 6. The molecule has 0 aromatic carbocycles. The van der Waals surface area contributed by atoms with Crippen molar-refractivity contribution in [2.24, 2.45) is 5.92 Å². The van der Waals surface area contributed by atoms with E-state index in [0.717, 1.165) is 38.4 Å². The first-order valence-corrected chi connectivity index (χ1v) is 7.61. The maximum absolute atomic E-state index is 11.4. The molecule has 1 aliphatic rings. The van der Waals surface area contributed by atoms with E-state index in [-0.39, 0.29) is 10.6 Å². The Labute approximate surface area is 132 Å². The molecule has 0 unspecified atom stereocenters. The molecule has 0 amide bonds. The lowest BCUT2D eigenvalue weighted by molar-refractivity contribution is 0.419. The highest BCUT2D eigenvalue weighted by Gasteiger charge is 2.20. The Bertz CT molecular complexity index is 669. The summed E-state index contributed by atoms with van der Waals surface area (Å²) in [7, 11) is 0. The predicted molar refractivity (Wildman–Crippen MR) is 85.3 cm³/mol. The molecular weight excluding hydrogens is 304 g/mol. The van der Waals surface area contributed by atoms with E-state index in [2.05, 4.69) is 30.2 Å². The zero-order valence-corrected chi connectivity index (χ0v) is 12.8. The quantitative estimate of drug-likeness (QED) is 0.888. The molecule has 3 rings (SSSR count). The molecule has 8 heteroatoms. The number of halogens is 1. The summed E-state index contributed by atoms with van der Waals surface area (Å²) in [6.07, 6.45) is 6.97. The minimum atomic E-state index is -0.324. The maximum atomic E-state index is 11.4. The van der Waals surface area contributed by atoms with E-state index >= 15 is 0 Å². The molecule has 0 atom stereocenters. The van der Waals surface area contributed by atoms with Gasteiger partial charge < -0.3 is 10.2 Å². The Morgan fingerprint density at radius 2 is 2.00 bits per heavy atom. The Kier molecular flexibility index (Phi) is 4.53. The minimum Gasteiger partial charge on any atom is -0.355 e. The lowest BCUT2D eigenvalue weighted by atomic mass is 9.97. The molecule has 0 spiro atoms. The van der Waals surface area contributed by atoms with Crippen LogP contribution >= 0.6 is 11.6 Å². The van der Waals surface area contributed by atoms with E-state index in [1.54, 1.807) is 12.4 Å². The van der Waals surface area contributed by atoms with Gasteiger partial charge in [0.1, 0.15) is 5.02 Å².